The molecule has 0 saturated carbocycles. The standard InChI is InChI=1S/C12H8N2.K.H2O4S.H/c1-2-6-10-9(5-1)13-11-7-3-4-8-12(11)14-10;;1-5(2,3)4;/h1-8H;;(H2,1,2,3,4);. The van der Waals surface area contributed by atoms with E-state index in [1.165, 1.54) is 0 Å². The van der Waals surface area contributed by atoms with Crippen LogP contribution in [0.3, 0.4) is 0 Å². The van der Waals surface area contributed by atoms with Gasteiger partial charge in [-0.05, 0) is 24.3 Å². The van der Waals surface area contributed by atoms with Gasteiger partial charge in [-0.15, -0.1) is 0 Å². The topological polar surface area (TPSA) is 100 Å². The van der Waals surface area contributed by atoms with Gasteiger partial charge >= 0.3 is 61.8 Å². The number of hydrogen-bond donors (Lipinski definition) is 2. The van der Waals surface area contributed by atoms with Crippen molar-refractivity contribution in [2.45, 2.75) is 0 Å². The molecule has 0 atom stereocenters. The van der Waals surface area contributed by atoms with Crippen LogP contribution in [0.1, 0.15) is 0 Å². The number of para-hydroxylation sites is 4. The first-order chi connectivity index (χ1) is 8.93. The van der Waals surface area contributed by atoms with Gasteiger partial charge in [-0.1, -0.05) is 24.3 Å². The zero-order valence-electron chi connectivity index (χ0n) is 9.63. The number of hydrogen-bond acceptors (Lipinski definition) is 4. The van der Waals surface area contributed by atoms with Crippen molar-refractivity contribution in [3.63, 3.8) is 0 Å². The van der Waals surface area contributed by atoms with Gasteiger partial charge in [0.05, 0.1) is 22.1 Å². The molecule has 100 valence electrons. The summed E-state index contributed by atoms with van der Waals surface area (Å²) in [4.78, 5) is 9.03. The van der Waals surface area contributed by atoms with E-state index in [0.717, 1.165) is 22.1 Å². The fraction of sp³-hybridized carbons (Fsp3) is 0. The number of rotatable bonds is 0. The molecule has 2 N–H and O–H groups in total. The molecule has 0 amide bonds. The van der Waals surface area contributed by atoms with E-state index in [-0.39, 0.29) is 51.4 Å². The van der Waals surface area contributed by atoms with E-state index >= 15 is 0 Å². The van der Waals surface area contributed by atoms with Crippen LogP contribution in [-0.4, -0.2) is 78.9 Å². The molecule has 6 nitrogen and oxygen atoms in total. The van der Waals surface area contributed by atoms with Crippen LogP contribution >= 0.6 is 0 Å². The van der Waals surface area contributed by atoms with Gasteiger partial charge in [0.2, 0.25) is 0 Å². The van der Waals surface area contributed by atoms with Gasteiger partial charge in [0.1, 0.15) is 0 Å². The molecule has 20 heavy (non-hydrogen) atoms. The van der Waals surface area contributed by atoms with Gasteiger partial charge in [-0.25, -0.2) is 9.97 Å². The van der Waals surface area contributed by atoms with Crippen molar-refractivity contribution in [2.75, 3.05) is 0 Å². The fourth-order valence-corrected chi connectivity index (χ4v) is 1.57. The molecule has 0 unspecified atom stereocenters. The zero-order chi connectivity index (χ0) is 13.9. The van der Waals surface area contributed by atoms with Crippen LogP contribution < -0.4 is 0 Å². The maximum atomic E-state index is 8.74. The van der Waals surface area contributed by atoms with Gasteiger partial charge in [-0.2, -0.15) is 8.42 Å². The Labute approximate surface area is 158 Å². The van der Waals surface area contributed by atoms with E-state index in [0.29, 0.717) is 0 Å². The minimum absolute atomic E-state index is 0. The number of fused-ring (bicyclic) bond motifs is 2. The molecular weight excluding hydrogens is 307 g/mol. The van der Waals surface area contributed by atoms with Crippen LogP contribution in [0.25, 0.3) is 22.1 Å². The molecule has 8 heteroatoms. The SMILES string of the molecule is O=S(=O)(O)O.[KH].c1ccc2nc3ccccc3nc2c1. The quantitative estimate of drug-likeness (QED) is 0.370. The Morgan fingerprint density at radius 3 is 1.10 bits per heavy atom. The van der Waals surface area contributed by atoms with E-state index in [2.05, 4.69) is 9.97 Å². The first kappa shape index (κ1) is 17.6. The minimum atomic E-state index is -4.67. The van der Waals surface area contributed by atoms with E-state index in [4.69, 9.17) is 17.5 Å². The molecule has 0 aliphatic heterocycles. The summed E-state index contributed by atoms with van der Waals surface area (Å²) in [5, 5.41) is 0. The fourth-order valence-electron chi connectivity index (χ4n) is 1.57. The minimum Gasteiger partial charge on any atom is -0.245 e. The molecule has 1 aromatic heterocycles. The molecule has 2 aromatic carbocycles. The van der Waals surface area contributed by atoms with Crippen LogP contribution in [0, 0.1) is 0 Å². The third kappa shape index (κ3) is 5.50. The van der Waals surface area contributed by atoms with Gasteiger partial charge in [0.25, 0.3) is 0 Å². The Morgan fingerprint density at radius 1 is 0.700 bits per heavy atom. The Morgan fingerprint density at radius 2 is 0.900 bits per heavy atom. The van der Waals surface area contributed by atoms with Gasteiger partial charge in [0, 0.05) is 0 Å². The predicted molar refractivity (Wildman–Crippen MR) is 78.4 cm³/mol. The number of benzene rings is 2. The Balaban J connectivity index is 0.000000293. The maximum absolute atomic E-state index is 8.74. The Kier molecular flexibility index (Phi) is 6.62. The van der Waals surface area contributed by atoms with Crippen LogP contribution in [0.2, 0.25) is 0 Å². The molecule has 0 radical (unpaired) electrons. The summed E-state index contributed by atoms with van der Waals surface area (Å²) in [5.41, 5.74) is 3.80. The monoisotopic (exact) mass is 318 g/mol. The van der Waals surface area contributed by atoms with Gasteiger partial charge in [-0.3, -0.25) is 9.11 Å². The smallest absolute Gasteiger partial charge is 0.0894 e. The summed E-state index contributed by atoms with van der Waals surface area (Å²) in [5.74, 6) is 0. The van der Waals surface area contributed by atoms with Crippen molar-refractivity contribution in [3.05, 3.63) is 48.5 Å². The maximum Gasteiger partial charge on any atom is 0.0894 e. The Hall–Kier alpha value is -0.454. The third-order valence-electron chi connectivity index (χ3n) is 2.25. The molecule has 3 rings (SSSR count). The largest absolute Gasteiger partial charge is 0.245 e. The number of aromatic nitrogens is 2. The van der Waals surface area contributed by atoms with E-state index in [9.17, 15) is 0 Å². The molecular formula is C12H11KN2O4S. The van der Waals surface area contributed by atoms with E-state index in [1.807, 2.05) is 48.5 Å². The first-order valence-electron chi connectivity index (χ1n) is 5.25. The third-order valence-corrected chi connectivity index (χ3v) is 2.25. The molecule has 0 aliphatic carbocycles. The van der Waals surface area contributed by atoms with E-state index < -0.39 is 10.4 Å². The van der Waals surface area contributed by atoms with Crippen molar-refractivity contribution in [1.29, 1.82) is 0 Å². The number of nitrogens with zero attached hydrogens (tertiary/aromatic N) is 2. The van der Waals surface area contributed by atoms with Gasteiger partial charge in [0.15, 0.2) is 0 Å². The van der Waals surface area contributed by atoms with Crippen LogP contribution in [0.5, 0.6) is 0 Å². The molecule has 0 bridgehead atoms. The van der Waals surface area contributed by atoms with Crippen molar-refractivity contribution < 1.29 is 17.5 Å². The predicted octanol–water partition coefficient (Wildman–Crippen LogP) is 1.48. The average molecular weight is 318 g/mol. The summed E-state index contributed by atoms with van der Waals surface area (Å²) in [7, 11) is -4.67. The molecule has 0 saturated heterocycles. The normalized spacial score (nSPS) is 10.5. The van der Waals surface area contributed by atoms with Crippen molar-refractivity contribution in [3.8, 4) is 0 Å². The molecule has 0 aliphatic rings. The summed E-state index contributed by atoms with van der Waals surface area (Å²) in [6, 6.07) is 15.8. The Bertz CT molecular complexity index is 711. The van der Waals surface area contributed by atoms with Crippen molar-refractivity contribution in [2.24, 2.45) is 0 Å². The second-order valence-corrected chi connectivity index (χ2v) is 4.54. The second kappa shape index (κ2) is 7.52. The second-order valence-electron chi connectivity index (χ2n) is 3.65. The zero-order valence-corrected chi connectivity index (χ0v) is 10.4. The van der Waals surface area contributed by atoms with Crippen LogP contribution in [-0.2, 0) is 10.4 Å². The molecule has 3 aromatic rings. The summed E-state index contributed by atoms with van der Waals surface area (Å²) >= 11 is 0. The van der Waals surface area contributed by atoms with Crippen molar-refractivity contribution >= 4 is 83.9 Å². The van der Waals surface area contributed by atoms with Gasteiger partial charge < -0.3 is 0 Å². The summed E-state index contributed by atoms with van der Waals surface area (Å²) < 4.78 is 31.6. The van der Waals surface area contributed by atoms with Crippen LogP contribution in [0.15, 0.2) is 48.5 Å². The first-order valence-corrected chi connectivity index (χ1v) is 6.64. The van der Waals surface area contributed by atoms with E-state index in [1.54, 1.807) is 0 Å². The molecule has 0 spiro atoms. The summed E-state index contributed by atoms with van der Waals surface area (Å²) in [6.07, 6.45) is 0. The van der Waals surface area contributed by atoms with Crippen LogP contribution in [0.4, 0.5) is 0 Å². The molecule has 1 heterocycles. The average Bonchev–Trinajstić information content (AvgIpc) is 2.34. The van der Waals surface area contributed by atoms with Crippen molar-refractivity contribution in [1.82, 2.24) is 9.97 Å². The summed E-state index contributed by atoms with van der Waals surface area (Å²) in [6.45, 7) is 0. The molecule has 0 fully saturated rings.